The van der Waals surface area contributed by atoms with E-state index in [9.17, 15) is 14.4 Å². The molecule has 3 rings (SSSR count). The first kappa shape index (κ1) is 16.3. The van der Waals surface area contributed by atoms with Crippen LogP contribution in [0, 0.1) is 17.8 Å². The van der Waals surface area contributed by atoms with Gasteiger partial charge in [-0.15, -0.1) is 0 Å². The van der Waals surface area contributed by atoms with E-state index in [0.717, 1.165) is 11.8 Å². The predicted molar refractivity (Wildman–Crippen MR) is 85.5 cm³/mol. The number of urea groups is 1. The Hall–Kier alpha value is -1.59. The first-order valence-corrected chi connectivity index (χ1v) is 8.80. The second kappa shape index (κ2) is 6.49. The summed E-state index contributed by atoms with van der Waals surface area (Å²) in [6, 6.07) is -0.0234. The number of likely N-dealkylation sites (N-methyl/N-ethyl adjacent to an activating group) is 1. The van der Waals surface area contributed by atoms with Gasteiger partial charge in [0, 0.05) is 26.1 Å². The zero-order valence-corrected chi connectivity index (χ0v) is 14.1. The highest BCUT2D eigenvalue weighted by Gasteiger charge is 2.42. The van der Waals surface area contributed by atoms with Crippen molar-refractivity contribution in [2.45, 2.75) is 51.5 Å². The Morgan fingerprint density at radius 2 is 2.09 bits per heavy atom. The van der Waals surface area contributed by atoms with Gasteiger partial charge in [0.15, 0.2) is 0 Å². The van der Waals surface area contributed by atoms with Crippen molar-refractivity contribution >= 4 is 17.8 Å². The van der Waals surface area contributed by atoms with Crippen molar-refractivity contribution in [1.82, 2.24) is 15.1 Å². The lowest BCUT2D eigenvalue weighted by Crippen LogP contribution is -2.40. The standard InChI is InChI=1S/C17H27N3O3/c1-11(14-9-12-5-6-13(14)8-12)18-15(21)4-3-7-20-16(22)10-19(2)17(20)23/h11-14H,3-10H2,1-2H3,(H,18,21). The smallest absolute Gasteiger partial charge is 0.326 e. The molecule has 2 bridgehead atoms. The van der Waals surface area contributed by atoms with E-state index in [4.69, 9.17) is 0 Å². The van der Waals surface area contributed by atoms with Gasteiger partial charge in [-0.05, 0) is 50.4 Å². The Morgan fingerprint density at radius 3 is 2.65 bits per heavy atom. The summed E-state index contributed by atoms with van der Waals surface area (Å²) in [5.74, 6) is 2.17. The maximum atomic E-state index is 12.1. The molecule has 4 atom stereocenters. The van der Waals surface area contributed by atoms with Crippen molar-refractivity contribution in [3.63, 3.8) is 0 Å². The molecule has 1 heterocycles. The average molecular weight is 321 g/mol. The van der Waals surface area contributed by atoms with Crippen LogP contribution in [0.4, 0.5) is 4.79 Å². The lowest BCUT2D eigenvalue weighted by Gasteiger charge is -2.28. The summed E-state index contributed by atoms with van der Waals surface area (Å²) in [4.78, 5) is 38.2. The number of fused-ring (bicyclic) bond motifs is 2. The van der Waals surface area contributed by atoms with Crippen LogP contribution < -0.4 is 5.32 Å². The third-order valence-corrected chi connectivity index (χ3v) is 5.84. The summed E-state index contributed by atoms with van der Waals surface area (Å²) in [5.41, 5.74) is 0. The van der Waals surface area contributed by atoms with E-state index >= 15 is 0 Å². The molecule has 23 heavy (non-hydrogen) atoms. The summed E-state index contributed by atoms with van der Waals surface area (Å²) >= 11 is 0. The van der Waals surface area contributed by atoms with Crippen molar-refractivity contribution in [3.8, 4) is 0 Å². The van der Waals surface area contributed by atoms with Gasteiger partial charge in [-0.1, -0.05) is 6.42 Å². The number of carbonyl (C=O) groups is 3. The van der Waals surface area contributed by atoms with Crippen LogP contribution in [-0.2, 0) is 9.59 Å². The molecule has 0 aromatic rings. The van der Waals surface area contributed by atoms with Crippen molar-refractivity contribution in [3.05, 3.63) is 0 Å². The number of nitrogens with one attached hydrogen (secondary N) is 1. The summed E-state index contributed by atoms with van der Waals surface area (Å²) < 4.78 is 0. The van der Waals surface area contributed by atoms with Gasteiger partial charge < -0.3 is 10.2 Å². The van der Waals surface area contributed by atoms with Gasteiger partial charge in [-0.25, -0.2) is 4.79 Å². The number of carbonyl (C=O) groups excluding carboxylic acids is 3. The SMILES string of the molecule is CC(NC(=O)CCCN1C(=O)CN(C)C1=O)C1CC2CCC1C2. The number of hydrogen-bond donors (Lipinski definition) is 1. The largest absolute Gasteiger partial charge is 0.353 e. The van der Waals surface area contributed by atoms with Crippen LogP contribution in [0.15, 0.2) is 0 Å². The van der Waals surface area contributed by atoms with Crippen LogP contribution >= 0.6 is 0 Å². The minimum absolute atomic E-state index is 0.0349. The molecule has 3 fully saturated rings. The molecule has 1 N–H and O–H groups in total. The maximum Gasteiger partial charge on any atom is 0.326 e. The molecule has 0 spiro atoms. The van der Waals surface area contributed by atoms with Gasteiger partial charge in [0.2, 0.25) is 11.8 Å². The highest BCUT2D eigenvalue weighted by atomic mass is 16.2. The Morgan fingerprint density at radius 1 is 1.30 bits per heavy atom. The van der Waals surface area contributed by atoms with Crippen molar-refractivity contribution in [2.24, 2.45) is 17.8 Å². The van der Waals surface area contributed by atoms with Gasteiger partial charge in [0.1, 0.15) is 6.54 Å². The second-order valence-electron chi connectivity index (χ2n) is 7.48. The lowest BCUT2D eigenvalue weighted by atomic mass is 9.84. The molecule has 0 radical (unpaired) electrons. The minimum atomic E-state index is -0.259. The normalized spacial score (nSPS) is 31.1. The fourth-order valence-electron chi connectivity index (χ4n) is 4.63. The van der Waals surface area contributed by atoms with E-state index < -0.39 is 0 Å². The Kier molecular flexibility index (Phi) is 4.60. The zero-order chi connectivity index (χ0) is 16.6. The first-order chi connectivity index (χ1) is 11.0. The summed E-state index contributed by atoms with van der Waals surface area (Å²) in [5, 5.41) is 3.13. The fourth-order valence-corrected chi connectivity index (χ4v) is 4.63. The number of amides is 4. The molecule has 0 aromatic heterocycles. The van der Waals surface area contributed by atoms with E-state index in [1.807, 2.05) is 0 Å². The van der Waals surface area contributed by atoms with E-state index in [2.05, 4.69) is 12.2 Å². The van der Waals surface area contributed by atoms with Gasteiger partial charge in [-0.2, -0.15) is 0 Å². The van der Waals surface area contributed by atoms with E-state index in [0.29, 0.717) is 25.3 Å². The molecule has 1 saturated heterocycles. The van der Waals surface area contributed by atoms with Gasteiger partial charge in [-0.3, -0.25) is 14.5 Å². The van der Waals surface area contributed by atoms with Crippen molar-refractivity contribution in [1.29, 1.82) is 0 Å². The van der Waals surface area contributed by atoms with Crippen molar-refractivity contribution < 1.29 is 14.4 Å². The minimum Gasteiger partial charge on any atom is -0.353 e. The molecule has 6 heteroatoms. The van der Waals surface area contributed by atoms with Crippen LogP contribution in [0.1, 0.15) is 45.4 Å². The monoisotopic (exact) mass is 321 g/mol. The molecule has 6 nitrogen and oxygen atoms in total. The van der Waals surface area contributed by atoms with Gasteiger partial charge >= 0.3 is 6.03 Å². The fraction of sp³-hybridized carbons (Fsp3) is 0.824. The zero-order valence-electron chi connectivity index (χ0n) is 14.1. The Balaban J connectivity index is 1.38. The van der Waals surface area contributed by atoms with E-state index in [-0.39, 0.29) is 30.4 Å². The molecular weight excluding hydrogens is 294 g/mol. The third-order valence-electron chi connectivity index (χ3n) is 5.84. The summed E-state index contributed by atoms with van der Waals surface area (Å²) in [6.45, 7) is 2.59. The molecule has 128 valence electrons. The Bertz CT molecular complexity index is 507. The average Bonchev–Trinajstić information content (AvgIpc) is 3.18. The number of imide groups is 1. The number of rotatable bonds is 6. The third kappa shape index (κ3) is 3.35. The highest BCUT2D eigenvalue weighted by Crippen LogP contribution is 2.49. The first-order valence-electron chi connectivity index (χ1n) is 8.80. The molecule has 4 unspecified atom stereocenters. The van der Waals surface area contributed by atoms with Crippen LogP contribution in [0.2, 0.25) is 0 Å². The van der Waals surface area contributed by atoms with Crippen LogP contribution in [-0.4, -0.2) is 53.8 Å². The molecule has 2 aliphatic carbocycles. The number of hydrogen-bond acceptors (Lipinski definition) is 3. The summed E-state index contributed by atoms with van der Waals surface area (Å²) in [6.07, 6.45) is 6.19. The lowest BCUT2D eigenvalue weighted by molar-refractivity contribution is -0.126. The Labute approximate surface area is 137 Å². The number of nitrogens with zero attached hydrogens (tertiary/aromatic N) is 2. The second-order valence-corrected chi connectivity index (χ2v) is 7.48. The predicted octanol–water partition coefficient (Wildman–Crippen LogP) is 1.60. The highest BCUT2D eigenvalue weighted by molar-refractivity contribution is 6.01. The molecule has 4 amide bonds. The molecular formula is C17H27N3O3. The quantitative estimate of drug-likeness (QED) is 0.756. The molecule has 1 aliphatic heterocycles. The maximum absolute atomic E-state index is 12.1. The topological polar surface area (TPSA) is 69.7 Å². The van der Waals surface area contributed by atoms with Gasteiger partial charge in [0.05, 0.1) is 0 Å². The molecule has 0 aromatic carbocycles. The van der Waals surface area contributed by atoms with Crippen LogP contribution in [0.5, 0.6) is 0 Å². The van der Waals surface area contributed by atoms with Crippen molar-refractivity contribution in [2.75, 3.05) is 20.1 Å². The van der Waals surface area contributed by atoms with E-state index in [1.165, 1.54) is 35.5 Å². The molecule has 2 saturated carbocycles. The summed E-state index contributed by atoms with van der Waals surface area (Å²) in [7, 11) is 1.62. The molecule has 3 aliphatic rings. The van der Waals surface area contributed by atoms with E-state index in [1.54, 1.807) is 7.05 Å². The van der Waals surface area contributed by atoms with Crippen LogP contribution in [0.25, 0.3) is 0 Å². The van der Waals surface area contributed by atoms with Gasteiger partial charge in [0.25, 0.3) is 0 Å². The van der Waals surface area contributed by atoms with Crippen LogP contribution in [0.3, 0.4) is 0 Å².